The van der Waals surface area contributed by atoms with Gasteiger partial charge in [0.2, 0.25) is 0 Å². The van der Waals surface area contributed by atoms with Crippen LogP contribution in [0.2, 0.25) is 0 Å². The summed E-state index contributed by atoms with van der Waals surface area (Å²) in [6, 6.07) is 87.5. The molecule has 0 saturated heterocycles. The van der Waals surface area contributed by atoms with Crippen LogP contribution in [-0.4, -0.2) is 19.9 Å². The molecule has 2 aromatic heterocycles. The third-order valence-electron chi connectivity index (χ3n) is 14.6. The minimum Gasteiger partial charge on any atom is -0.264 e. The first kappa shape index (κ1) is 40.7. The maximum Gasteiger partial charge on any atom is 0.164 e. The minimum absolute atomic E-state index is 0.574. The third kappa shape index (κ3) is 6.46. The van der Waals surface area contributed by atoms with Crippen LogP contribution in [0.5, 0.6) is 0 Å². The predicted molar refractivity (Wildman–Crippen MR) is 292 cm³/mol. The lowest BCUT2D eigenvalue weighted by atomic mass is 9.67. The average Bonchev–Trinajstić information content (AvgIpc) is 3.76. The van der Waals surface area contributed by atoms with Crippen LogP contribution in [0.3, 0.4) is 0 Å². The first-order valence-corrected chi connectivity index (χ1v) is 24.2. The van der Waals surface area contributed by atoms with Crippen LogP contribution in [0.4, 0.5) is 0 Å². The van der Waals surface area contributed by atoms with Crippen molar-refractivity contribution >= 4 is 43.1 Å². The molecule has 0 radical (unpaired) electrons. The number of hydrogen-bond donors (Lipinski definition) is 0. The largest absolute Gasteiger partial charge is 0.264 e. The molecule has 0 fully saturated rings. The van der Waals surface area contributed by atoms with Gasteiger partial charge < -0.3 is 0 Å². The SMILES string of the molecule is c1ccc(-c2nc(-c3cc(-c4cccnc4)cc(-c4cc5c6ccccc6c6ccccc6c5c5ccccc45)c3)nc(-c3ccc4c(c3)C(c3ccccc3)(c3ccccc3)c3ccccc3-4)n2)cc1. The highest BCUT2D eigenvalue weighted by atomic mass is 15.0. The van der Waals surface area contributed by atoms with E-state index in [1.807, 2.05) is 36.7 Å². The highest BCUT2D eigenvalue weighted by molar-refractivity contribution is 6.33. The van der Waals surface area contributed by atoms with Gasteiger partial charge in [0, 0.05) is 34.6 Å². The summed E-state index contributed by atoms with van der Waals surface area (Å²) >= 11 is 0. The fraction of sp³-hybridized carbons (Fsp3) is 0.0149. The van der Waals surface area contributed by atoms with Crippen molar-refractivity contribution in [3.63, 3.8) is 0 Å². The van der Waals surface area contributed by atoms with Crippen molar-refractivity contribution in [3.8, 4) is 67.5 Å². The minimum atomic E-state index is -0.574. The summed E-state index contributed by atoms with van der Waals surface area (Å²) in [6.45, 7) is 0. The number of benzene rings is 11. The summed E-state index contributed by atoms with van der Waals surface area (Å²) in [5.74, 6) is 1.80. The van der Waals surface area contributed by atoms with Gasteiger partial charge in [0.05, 0.1) is 5.41 Å². The lowest BCUT2D eigenvalue weighted by molar-refractivity contribution is 0.768. The molecule has 2 heterocycles. The summed E-state index contributed by atoms with van der Waals surface area (Å²) in [6.07, 6.45) is 3.76. The molecule has 11 aromatic carbocycles. The van der Waals surface area contributed by atoms with Crippen molar-refractivity contribution in [2.75, 3.05) is 0 Å². The van der Waals surface area contributed by atoms with Crippen molar-refractivity contribution in [2.24, 2.45) is 0 Å². The molecule has 4 heteroatoms. The Morgan fingerprint density at radius 3 is 1.44 bits per heavy atom. The molecule has 0 amide bonds. The van der Waals surface area contributed by atoms with Gasteiger partial charge in [-0.05, 0) is 130 Å². The van der Waals surface area contributed by atoms with E-state index in [-0.39, 0.29) is 0 Å². The summed E-state index contributed by atoms with van der Waals surface area (Å²) in [4.78, 5) is 20.7. The average molecular weight is 903 g/mol. The Balaban J connectivity index is 1.02. The first-order valence-electron chi connectivity index (χ1n) is 24.2. The Bertz CT molecular complexity index is 4170. The number of pyridine rings is 1. The van der Waals surface area contributed by atoms with E-state index in [4.69, 9.17) is 15.0 Å². The van der Waals surface area contributed by atoms with Crippen molar-refractivity contribution < 1.29 is 0 Å². The lowest BCUT2D eigenvalue weighted by Gasteiger charge is -2.34. The summed E-state index contributed by atoms with van der Waals surface area (Å²) in [5, 5.41) is 9.85. The Labute approximate surface area is 411 Å². The van der Waals surface area contributed by atoms with Crippen LogP contribution < -0.4 is 0 Å². The maximum absolute atomic E-state index is 5.49. The normalized spacial score (nSPS) is 12.6. The van der Waals surface area contributed by atoms with E-state index in [9.17, 15) is 0 Å². The van der Waals surface area contributed by atoms with Gasteiger partial charge in [0.15, 0.2) is 17.5 Å². The van der Waals surface area contributed by atoms with E-state index in [0.717, 1.165) is 38.9 Å². The molecule has 0 bridgehead atoms. The number of nitrogens with zero attached hydrogens (tertiary/aromatic N) is 4. The fourth-order valence-electron chi connectivity index (χ4n) is 11.6. The van der Waals surface area contributed by atoms with Gasteiger partial charge >= 0.3 is 0 Å². The van der Waals surface area contributed by atoms with Crippen LogP contribution in [0.25, 0.3) is 111 Å². The Morgan fingerprint density at radius 2 is 0.761 bits per heavy atom. The topological polar surface area (TPSA) is 51.6 Å². The van der Waals surface area contributed by atoms with Crippen LogP contribution >= 0.6 is 0 Å². The zero-order valence-corrected chi connectivity index (χ0v) is 38.5. The van der Waals surface area contributed by atoms with Gasteiger partial charge in [-0.15, -0.1) is 0 Å². The molecule has 0 spiro atoms. The second kappa shape index (κ2) is 16.4. The quantitative estimate of drug-likeness (QED) is 0.150. The van der Waals surface area contributed by atoms with E-state index in [1.165, 1.54) is 76.5 Å². The van der Waals surface area contributed by atoms with Crippen LogP contribution in [0.1, 0.15) is 22.3 Å². The number of fused-ring (bicyclic) bond motifs is 11. The summed E-state index contributed by atoms with van der Waals surface area (Å²) < 4.78 is 0. The third-order valence-corrected chi connectivity index (χ3v) is 14.6. The van der Waals surface area contributed by atoms with E-state index >= 15 is 0 Å². The van der Waals surface area contributed by atoms with Crippen molar-refractivity contribution in [1.29, 1.82) is 0 Å². The van der Waals surface area contributed by atoms with Gasteiger partial charge in [-0.3, -0.25) is 4.98 Å². The van der Waals surface area contributed by atoms with Gasteiger partial charge in [0.25, 0.3) is 0 Å². The molecule has 0 aliphatic heterocycles. The predicted octanol–water partition coefficient (Wildman–Crippen LogP) is 16.6. The highest BCUT2D eigenvalue weighted by Gasteiger charge is 2.46. The molecular weight excluding hydrogens is 861 g/mol. The standard InChI is InChI=1S/C67H42N4/c1-4-19-43(20-5-1)64-69-65(44-34-35-56-55-30-16-17-33-61(55)67(62(56)40-44,49-22-6-2-7-23-49)50-24-8-3-9-25-50)71-66(70-64)48-38-46(45-21-18-36-68-42-45)37-47(39-48)59-41-60-53-28-11-10-26-51(53)52-27-12-14-31-57(52)63(60)58-32-15-13-29-54(58)59/h1-42H. The first-order chi connectivity index (χ1) is 35.2. The second-order valence-corrected chi connectivity index (χ2v) is 18.5. The van der Waals surface area contributed by atoms with Gasteiger partial charge in [0.1, 0.15) is 0 Å². The van der Waals surface area contributed by atoms with Crippen LogP contribution in [0.15, 0.2) is 255 Å². The second-order valence-electron chi connectivity index (χ2n) is 18.5. The monoisotopic (exact) mass is 902 g/mol. The molecule has 71 heavy (non-hydrogen) atoms. The van der Waals surface area contributed by atoms with Crippen molar-refractivity contribution in [3.05, 3.63) is 277 Å². The Morgan fingerprint density at radius 1 is 0.268 bits per heavy atom. The molecule has 330 valence electrons. The van der Waals surface area contributed by atoms with Crippen LogP contribution in [0, 0.1) is 0 Å². The Kier molecular flexibility index (Phi) is 9.39. The fourth-order valence-corrected chi connectivity index (χ4v) is 11.6. The number of hydrogen-bond acceptors (Lipinski definition) is 4. The summed E-state index contributed by atoms with van der Waals surface area (Å²) in [5.41, 5.74) is 13.6. The lowest BCUT2D eigenvalue weighted by Crippen LogP contribution is -2.28. The molecule has 0 saturated carbocycles. The zero-order chi connectivity index (χ0) is 46.9. The molecular formula is C67H42N4. The molecule has 0 unspecified atom stereocenters. The molecule has 1 aliphatic carbocycles. The zero-order valence-electron chi connectivity index (χ0n) is 38.5. The van der Waals surface area contributed by atoms with Crippen molar-refractivity contribution in [1.82, 2.24) is 19.9 Å². The highest BCUT2D eigenvalue weighted by Crippen LogP contribution is 2.56. The number of aromatic nitrogens is 4. The smallest absolute Gasteiger partial charge is 0.164 e. The molecule has 4 nitrogen and oxygen atoms in total. The van der Waals surface area contributed by atoms with Crippen LogP contribution in [-0.2, 0) is 5.41 Å². The van der Waals surface area contributed by atoms with E-state index in [0.29, 0.717) is 17.5 Å². The molecule has 14 rings (SSSR count). The van der Waals surface area contributed by atoms with Crippen molar-refractivity contribution in [2.45, 2.75) is 5.41 Å². The van der Waals surface area contributed by atoms with E-state index < -0.39 is 5.41 Å². The molecule has 1 aliphatic rings. The molecule has 0 atom stereocenters. The molecule has 0 N–H and O–H groups in total. The maximum atomic E-state index is 5.49. The van der Waals surface area contributed by atoms with Gasteiger partial charge in [-0.25, -0.2) is 15.0 Å². The van der Waals surface area contributed by atoms with E-state index in [1.54, 1.807) is 0 Å². The van der Waals surface area contributed by atoms with Gasteiger partial charge in [-0.1, -0.05) is 206 Å². The van der Waals surface area contributed by atoms with E-state index in [2.05, 4.69) is 223 Å². The Hall–Kier alpha value is -9.38. The number of rotatable bonds is 7. The van der Waals surface area contributed by atoms with Gasteiger partial charge in [-0.2, -0.15) is 0 Å². The summed E-state index contributed by atoms with van der Waals surface area (Å²) in [7, 11) is 0. The molecule has 13 aromatic rings.